The van der Waals surface area contributed by atoms with Gasteiger partial charge in [0.1, 0.15) is 5.75 Å². The molecule has 140 valence electrons. The van der Waals surface area contributed by atoms with Crippen LogP contribution in [0.25, 0.3) is 0 Å². The number of benzene rings is 2. The van der Waals surface area contributed by atoms with E-state index in [1.54, 1.807) is 37.3 Å². The molecular formula is C18H21ClN2O4S. The number of nitrogens with one attached hydrogen (secondary N) is 2. The van der Waals surface area contributed by atoms with E-state index in [2.05, 4.69) is 10.0 Å². The zero-order valence-corrected chi connectivity index (χ0v) is 16.3. The Morgan fingerprint density at radius 1 is 1.23 bits per heavy atom. The molecule has 0 spiro atoms. The van der Waals surface area contributed by atoms with Gasteiger partial charge in [0.2, 0.25) is 10.0 Å². The zero-order valence-electron chi connectivity index (χ0n) is 14.7. The van der Waals surface area contributed by atoms with Gasteiger partial charge in [0, 0.05) is 11.6 Å². The quantitative estimate of drug-likeness (QED) is 0.753. The SMILES string of the molecule is CNS(=O)(=O)c1cccc(CNC(=O)C(C)Oc2ccc(Cl)cc2C)c1. The van der Waals surface area contributed by atoms with E-state index in [-0.39, 0.29) is 17.3 Å². The van der Waals surface area contributed by atoms with Crippen molar-refractivity contribution in [3.63, 3.8) is 0 Å². The molecule has 2 aromatic carbocycles. The minimum absolute atomic E-state index is 0.146. The molecule has 2 rings (SSSR count). The van der Waals surface area contributed by atoms with Gasteiger partial charge in [-0.2, -0.15) is 0 Å². The fourth-order valence-electron chi connectivity index (χ4n) is 2.26. The zero-order chi connectivity index (χ0) is 19.3. The molecule has 0 saturated heterocycles. The fourth-order valence-corrected chi connectivity index (χ4v) is 3.29. The summed E-state index contributed by atoms with van der Waals surface area (Å²) in [6.07, 6.45) is -0.709. The Kier molecular flexibility index (Phi) is 6.63. The lowest BCUT2D eigenvalue weighted by Gasteiger charge is -2.16. The third-order valence-electron chi connectivity index (χ3n) is 3.75. The summed E-state index contributed by atoms with van der Waals surface area (Å²) in [7, 11) is -2.17. The average molecular weight is 397 g/mol. The molecule has 1 unspecified atom stereocenters. The van der Waals surface area contributed by atoms with Crippen LogP contribution in [-0.4, -0.2) is 27.5 Å². The van der Waals surface area contributed by atoms with Gasteiger partial charge in [-0.3, -0.25) is 4.79 Å². The molecule has 2 aromatic rings. The average Bonchev–Trinajstić information content (AvgIpc) is 2.62. The van der Waals surface area contributed by atoms with E-state index >= 15 is 0 Å². The van der Waals surface area contributed by atoms with Crippen LogP contribution in [-0.2, 0) is 21.4 Å². The van der Waals surface area contributed by atoms with Crippen LogP contribution in [0.4, 0.5) is 0 Å². The van der Waals surface area contributed by atoms with Gasteiger partial charge in [0.25, 0.3) is 5.91 Å². The number of halogens is 1. The molecular weight excluding hydrogens is 376 g/mol. The van der Waals surface area contributed by atoms with E-state index in [1.807, 2.05) is 6.92 Å². The van der Waals surface area contributed by atoms with Crippen molar-refractivity contribution < 1.29 is 17.9 Å². The van der Waals surface area contributed by atoms with E-state index in [1.165, 1.54) is 19.2 Å². The number of carbonyl (C=O) groups is 1. The molecule has 0 bridgehead atoms. The maximum atomic E-state index is 12.2. The monoisotopic (exact) mass is 396 g/mol. The molecule has 2 N–H and O–H groups in total. The van der Waals surface area contributed by atoms with Crippen molar-refractivity contribution in [2.75, 3.05) is 7.05 Å². The third-order valence-corrected chi connectivity index (χ3v) is 5.40. The molecule has 0 radical (unpaired) electrons. The number of hydrogen-bond acceptors (Lipinski definition) is 4. The van der Waals surface area contributed by atoms with Gasteiger partial charge in [-0.05, 0) is 62.4 Å². The first-order chi connectivity index (χ1) is 12.2. The minimum Gasteiger partial charge on any atom is -0.481 e. The van der Waals surface area contributed by atoms with Crippen LogP contribution in [0.3, 0.4) is 0 Å². The standard InChI is InChI=1S/C18H21ClN2O4S/c1-12-9-15(19)7-8-17(12)25-13(2)18(22)21-11-14-5-4-6-16(10-14)26(23,24)20-3/h4-10,13,20H,11H2,1-3H3,(H,21,22). The van der Waals surface area contributed by atoms with Crippen LogP contribution in [0, 0.1) is 6.92 Å². The fraction of sp³-hybridized carbons (Fsp3) is 0.278. The van der Waals surface area contributed by atoms with Crippen molar-refractivity contribution in [3.8, 4) is 5.75 Å². The Morgan fingerprint density at radius 2 is 1.96 bits per heavy atom. The molecule has 0 fully saturated rings. The van der Waals surface area contributed by atoms with Gasteiger partial charge in [0.05, 0.1) is 4.90 Å². The van der Waals surface area contributed by atoms with Gasteiger partial charge >= 0.3 is 0 Å². The lowest BCUT2D eigenvalue weighted by molar-refractivity contribution is -0.127. The van der Waals surface area contributed by atoms with E-state index in [4.69, 9.17) is 16.3 Å². The summed E-state index contributed by atoms with van der Waals surface area (Å²) in [4.78, 5) is 12.4. The van der Waals surface area contributed by atoms with Gasteiger partial charge in [-0.1, -0.05) is 23.7 Å². The highest BCUT2D eigenvalue weighted by molar-refractivity contribution is 7.89. The Bertz CT molecular complexity index is 900. The van der Waals surface area contributed by atoms with Crippen LogP contribution in [0.15, 0.2) is 47.4 Å². The summed E-state index contributed by atoms with van der Waals surface area (Å²) in [5, 5.41) is 3.34. The number of aryl methyl sites for hydroxylation is 1. The first-order valence-corrected chi connectivity index (χ1v) is 9.82. The molecule has 1 atom stereocenters. The highest BCUT2D eigenvalue weighted by Crippen LogP contribution is 2.22. The maximum Gasteiger partial charge on any atom is 0.261 e. The smallest absolute Gasteiger partial charge is 0.261 e. The van der Waals surface area contributed by atoms with Gasteiger partial charge in [-0.25, -0.2) is 13.1 Å². The largest absolute Gasteiger partial charge is 0.481 e. The minimum atomic E-state index is -3.52. The topological polar surface area (TPSA) is 84.5 Å². The second kappa shape index (κ2) is 8.53. The van der Waals surface area contributed by atoms with E-state index in [9.17, 15) is 13.2 Å². The molecule has 1 amide bonds. The van der Waals surface area contributed by atoms with Crippen molar-refractivity contribution in [2.24, 2.45) is 0 Å². The number of ether oxygens (including phenoxy) is 1. The second-order valence-electron chi connectivity index (χ2n) is 5.74. The molecule has 6 nitrogen and oxygen atoms in total. The Labute approximate surface area is 158 Å². The van der Waals surface area contributed by atoms with Crippen molar-refractivity contribution >= 4 is 27.5 Å². The summed E-state index contributed by atoms with van der Waals surface area (Å²) < 4.78 is 31.6. The number of rotatable bonds is 7. The number of sulfonamides is 1. The lowest BCUT2D eigenvalue weighted by atomic mass is 10.2. The molecule has 26 heavy (non-hydrogen) atoms. The Hall–Kier alpha value is -2.09. The first-order valence-electron chi connectivity index (χ1n) is 7.96. The van der Waals surface area contributed by atoms with Gasteiger partial charge in [-0.15, -0.1) is 0 Å². The summed E-state index contributed by atoms with van der Waals surface area (Å²) in [6, 6.07) is 11.5. The summed E-state index contributed by atoms with van der Waals surface area (Å²) >= 11 is 5.91. The van der Waals surface area contributed by atoms with Crippen LogP contribution < -0.4 is 14.8 Å². The molecule has 0 aromatic heterocycles. The van der Waals surface area contributed by atoms with Crippen LogP contribution in [0.1, 0.15) is 18.1 Å². The Morgan fingerprint density at radius 3 is 2.62 bits per heavy atom. The molecule has 0 aliphatic heterocycles. The highest BCUT2D eigenvalue weighted by atomic mass is 35.5. The van der Waals surface area contributed by atoms with Crippen molar-refractivity contribution in [1.29, 1.82) is 0 Å². The van der Waals surface area contributed by atoms with E-state index in [0.717, 1.165) is 5.56 Å². The van der Waals surface area contributed by atoms with Crippen molar-refractivity contribution in [1.82, 2.24) is 10.0 Å². The van der Waals surface area contributed by atoms with Crippen LogP contribution in [0.2, 0.25) is 5.02 Å². The number of carbonyl (C=O) groups excluding carboxylic acids is 1. The Balaban J connectivity index is 1.99. The van der Waals surface area contributed by atoms with Crippen LogP contribution in [0.5, 0.6) is 5.75 Å². The molecule has 8 heteroatoms. The highest BCUT2D eigenvalue weighted by Gasteiger charge is 2.16. The van der Waals surface area contributed by atoms with Gasteiger partial charge < -0.3 is 10.1 Å². The number of hydrogen-bond donors (Lipinski definition) is 2. The predicted molar refractivity (Wildman–Crippen MR) is 101 cm³/mol. The summed E-state index contributed by atoms with van der Waals surface area (Å²) in [5.74, 6) is 0.278. The molecule has 0 heterocycles. The second-order valence-corrected chi connectivity index (χ2v) is 8.07. The third kappa shape index (κ3) is 5.20. The maximum absolute atomic E-state index is 12.2. The molecule has 0 saturated carbocycles. The predicted octanol–water partition coefficient (Wildman–Crippen LogP) is 2.64. The normalized spacial score (nSPS) is 12.5. The lowest BCUT2D eigenvalue weighted by Crippen LogP contribution is -2.36. The van der Waals surface area contributed by atoms with E-state index in [0.29, 0.717) is 16.3 Å². The van der Waals surface area contributed by atoms with Crippen molar-refractivity contribution in [3.05, 3.63) is 58.6 Å². The van der Waals surface area contributed by atoms with Crippen LogP contribution >= 0.6 is 11.6 Å². The molecule has 0 aliphatic rings. The van der Waals surface area contributed by atoms with Gasteiger partial charge in [0.15, 0.2) is 6.10 Å². The first kappa shape index (κ1) is 20.2. The van der Waals surface area contributed by atoms with Crippen molar-refractivity contribution in [2.45, 2.75) is 31.4 Å². The molecule has 0 aliphatic carbocycles. The summed E-state index contributed by atoms with van der Waals surface area (Å²) in [5.41, 5.74) is 1.51. The van der Waals surface area contributed by atoms with E-state index < -0.39 is 16.1 Å². The number of amides is 1. The summed E-state index contributed by atoms with van der Waals surface area (Å²) in [6.45, 7) is 3.68.